The van der Waals surface area contributed by atoms with E-state index in [4.69, 9.17) is 4.74 Å². The van der Waals surface area contributed by atoms with Crippen molar-refractivity contribution in [3.63, 3.8) is 0 Å². The highest BCUT2D eigenvalue weighted by molar-refractivity contribution is 9.10. The van der Waals surface area contributed by atoms with Crippen molar-refractivity contribution < 1.29 is 4.74 Å². The fourth-order valence-corrected chi connectivity index (χ4v) is 2.08. The monoisotopic (exact) mass is 299 g/mol. The minimum absolute atomic E-state index is 0.291. The summed E-state index contributed by atoms with van der Waals surface area (Å²) in [5, 5.41) is 3.53. The van der Waals surface area contributed by atoms with Gasteiger partial charge in [0.1, 0.15) is 0 Å². The van der Waals surface area contributed by atoms with Gasteiger partial charge >= 0.3 is 0 Å². The Balaban J connectivity index is 2.60. The van der Waals surface area contributed by atoms with Crippen molar-refractivity contribution in [2.45, 2.75) is 32.7 Å². The summed E-state index contributed by atoms with van der Waals surface area (Å²) in [5.41, 5.74) is 1.28. The Morgan fingerprint density at radius 1 is 1.29 bits per heavy atom. The first-order chi connectivity index (χ1) is 8.27. The molecule has 1 atom stereocenters. The van der Waals surface area contributed by atoms with Crippen molar-refractivity contribution in [3.8, 4) is 0 Å². The average molecular weight is 300 g/mol. The lowest BCUT2D eigenvalue weighted by atomic mass is 10.1. The molecule has 0 saturated heterocycles. The number of ether oxygens (including phenoxy) is 1. The van der Waals surface area contributed by atoms with Gasteiger partial charge in [-0.05, 0) is 37.1 Å². The van der Waals surface area contributed by atoms with Crippen LogP contribution in [0, 0.1) is 0 Å². The molecule has 0 heterocycles. The quantitative estimate of drug-likeness (QED) is 0.735. The summed E-state index contributed by atoms with van der Waals surface area (Å²) >= 11 is 3.51. The molecule has 3 heteroatoms. The molecule has 17 heavy (non-hydrogen) atoms. The van der Waals surface area contributed by atoms with Crippen LogP contribution in [0.4, 0.5) is 0 Å². The molecular formula is C14H22BrNO. The zero-order valence-corrected chi connectivity index (χ0v) is 12.3. The Labute approximate surface area is 113 Å². The van der Waals surface area contributed by atoms with E-state index in [9.17, 15) is 0 Å². The van der Waals surface area contributed by atoms with Crippen molar-refractivity contribution in [1.82, 2.24) is 5.32 Å². The molecule has 0 spiro atoms. The molecule has 0 aliphatic heterocycles. The highest BCUT2D eigenvalue weighted by Crippen LogP contribution is 2.18. The molecule has 1 aromatic rings. The SMILES string of the molecule is CCCNC(COCCC)c1cccc(Br)c1. The van der Waals surface area contributed by atoms with Crippen LogP contribution >= 0.6 is 15.9 Å². The second-order valence-electron chi connectivity index (χ2n) is 4.14. The molecule has 2 nitrogen and oxygen atoms in total. The van der Waals surface area contributed by atoms with Gasteiger partial charge < -0.3 is 10.1 Å². The van der Waals surface area contributed by atoms with Crippen LogP contribution in [-0.2, 0) is 4.74 Å². The maximum absolute atomic E-state index is 5.66. The van der Waals surface area contributed by atoms with E-state index in [1.54, 1.807) is 0 Å². The number of hydrogen-bond acceptors (Lipinski definition) is 2. The van der Waals surface area contributed by atoms with Gasteiger partial charge in [-0.2, -0.15) is 0 Å². The summed E-state index contributed by atoms with van der Waals surface area (Å²) in [7, 11) is 0. The minimum atomic E-state index is 0.291. The lowest BCUT2D eigenvalue weighted by molar-refractivity contribution is 0.112. The molecule has 0 fully saturated rings. The summed E-state index contributed by atoms with van der Waals surface area (Å²) < 4.78 is 6.78. The first-order valence-electron chi connectivity index (χ1n) is 6.34. The van der Waals surface area contributed by atoms with Gasteiger partial charge in [0.15, 0.2) is 0 Å². The van der Waals surface area contributed by atoms with Gasteiger partial charge in [-0.3, -0.25) is 0 Å². The van der Waals surface area contributed by atoms with E-state index in [2.05, 4.69) is 53.3 Å². The highest BCUT2D eigenvalue weighted by atomic mass is 79.9. The topological polar surface area (TPSA) is 21.3 Å². The third-order valence-electron chi connectivity index (χ3n) is 2.52. The van der Waals surface area contributed by atoms with E-state index in [1.807, 2.05) is 6.07 Å². The van der Waals surface area contributed by atoms with Gasteiger partial charge in [0.05, 0.1) is 12.6 Å². The number of benzene rings is 1. The summed E-state index contributed by atoms with van der Waals surface area (Å²) in [6.07, 6.45) is 2.21. The number of nitrogens with one attached hydrogen (secondary N) is 1. The van der Waals surface area contributed by atoms with Gasteiger partial charge in [-0.15, -0.1) is 0 Å². The van der Waals surface area contributed by atoms with Gasteiger partial charge in [-0.25, -0.2) is 0 Å². The van der Waals surface area contributed by atoms with Crippen molar-refractivity contribution in [1.29, 1.82) is 0 Å². The maximum Gasteiger partial charge on any atom is 0.0661 e. The summed E-state index contributed by atoms with van der Waals surface area (Å²) in [5.74, 6) is 0. The van der Waals surface area contributed by atoms with Crippen molar-refractivity contribution >= 4 is 15.9 Å². The summed E-state index contributed by atoms with van der Waals surface area (Å²) in [4.78, 5) is 0. The molecule has 1 rings (SSSR count). The standard InChI is InChI=1S/C14H22BrNO/c1-3-8-16-14(11-17-9-4-2)12-6-5-7-13(15)10-12/h5-7,10,14,16H,3-4,8-9,11H2,1-2H3. The largest absolute Gasteiger partial charge is 0.379 e. The lowest BCUT2D eigenvalue weighted by Crippen LogP contribution is -2.26. The van der Waals surface area contributed by atoms with Crippen LogP contribution in [0.25, 0.3) is 0 Å². The molecule has 1 unspecified atom stereocenters. The molecule has 1 aromatic carbocycles. The third-order valence-corrected chi connectivity index (χ3v) is 3.02. The molecule has 0 aliphatic rings. The number of rotatable bonds is 8. The molecule has 0 saturated carbocycles. The van der Waals surface area contributed by atoms with Gasteiger partial charge in [0, 0.05) is 11.1 Å². The molecule has 0 bridgehead atoms. The van der Waals surface area contributed by atoms with Crippen LogP contribution < -0.4 is 5.32 Å². The zero-order chi connectivity index (χ0) is 12.5. The Morgan fingerprint density at radius 2 is 2.12 bits per heavy atom. The van der Waals surface area contributed by atoms with Gasteiger partial charge in [0.2, 0.25) is 0 Å². The van der Waals surface area contributed by atoms with Crippen LogP contribution in [0.2, 0.25) is 0 Å². The second-order valence-corrected chi connectivity index (χ2v) is 5.05. The number of hydrogen-bond donors (Lipinski definition) is 1. The predicted octanol–water partition coefficient (Wildman–Crippen LogP) is 3.92. The van der Waals surface area contributed by atoms with E-state index in [0.29, 0.717) is 6.04 Å². The highest BCUT2D eigenvalue weighted by Gasteiger charge is 2.10. The van der Waals surface area contributed by atoms with Crippen LogP contribution in [0.15, 0.2) is 28.7 Å². The smallest absolute Gasteiger partial charge is 0.0661 e. The lowest BCUT2D eigenvalue weighted by Gasteiger charge is -2.19. The van der Waals surface area contributed by atoms with Crippen molar-refractivity contribution in [2.24, 2.45) is 0 Å². The Morgan fingerprint density at radius 3 is 2.76 bits per heavy atom. The average Bonchev–Trinajstić information content (AvgIpc) is 2.33. The Bertz CT molecular complexity index is 317. The van der Waals surface area contributed by atoms with Crippen molar-refractivity contribution in [2.75, 3.05) is 19.8 Å². The summed E-state index contributed by atoms with van der Waals surface area (Å²) in [6.45, 7) is 6.90. The predicted molar refractivity (Wildman–Crippen MR) is 76.3 cm³/mol. The first kappa shape index (κ1) is 14.7. The van der Waals surface area contributed by atoms with Crippen LogP contribution in [0.3, 0.4) is 0 Å². The Hall–Kier alpha value is -0.380. The fraction of sp³-hybridized carbons (Fsp3) is 0.571. The molecule has 1 N–H and O–H groups in total. The molecular weight excluding hydrogens is 278 g/mol. The fourth-order valence-electron chi connectivity index (χ4n) is 1.66. The number of halogens is 1. The van der Waals surface area contributed by atoms with E-state index in [-0.39, 0.29) is 0 Å². The molecule has 96 valence electrons. The molecule has 0 aliphatic carbocycles. The van der Waals surface area contributed by atoms with Gasteiger partial charge in [-0.1, -0.05) is 41.9 Å². The zero-order valence-electron chi connectivity index (χ0n) is 10.7. The van der Waals surface area contributed by atoms with E-state index in [0.717, 1.165) is 37.1 Å². The van der Waals surface area contributed by atoms with Crippen LogP contribution in [0.5, 0.6) is 0 Å². The molecule has 0 amide bonds. The minimum Gasteiger partial charge on any atom is -0.379 e. The molecule has 0 aromatic heterocycles. The van der Waals surface area contributed by atoms with Crippen LogP contribution in [0.1, 0.15) is 38.3 Å². The van der Waals surface area contributed by atoms with E-state index >= 15 is 0 Å². The third kappa shape index (κ3) is 5.66. The van der Waals surface area contributed by atoms with E-state index in [1.165, 1.54) is 5.56 Å². The first-order valence-corrected chi connectivity index (χ1v) is 7.13. The Kier molecular flexibility index (Phi) is 7.49. The second kappa shape index (κ2) is 8.67. The normalized spacial score (nSPS) is 12.6. The van der Waals surface area contributed by atoms with Crippen LogP contribution in [-0.4, -0.2) is 19.8 Å². The van der Waals surface area contributed by atoms with E-state index < -0.39 is 0 Å². The van der Waals surface area contributed by atoms with Gasteiger partial charge in [0.25, 0.3) is 0 Å². The van der Waals surface area contributed by atoms with Crippen molar-refractivity contribution in [3.05, 3.63) is 34.3 Å². The maximum atomic E-state index is 5.66. The summed E-state index contributed by atoms with van der Waals surface area (Å²) in [6, 6.07) is 8.71. The molecule has 0 radical (unpaired) electrons.